The van der Waals surface area contributed by atoms with Crippen molar-refractivity contribution in [2.45, 2.75) is 32.8 Å². The van der Waals surface area contributed by atoms with E-state index in [-0.39, 0.29) is 12.3 Å². The number of aryl methyl sites for hydroxylation is 2. The van der Waals surface area contributed by atoms with E-state index in [2.05, 4.69) is 0 Å². The van der Waals surface area contributed by atoms with Crippen LogP contribution in [-0.4, -0.2) is 11.0 Å². The highest BCUT2D eigenvalue weighted by atomic mass is 16.3. The first-order valence-corrected chi connectivity index (χ1v) is 5.04. The zero-order valence-corrected chi connectivity index (χ0v) is 9.16. The average molecular weight is 207 g/mol. The SMILES string of the molecule is Cc1ccc(C)c(C(O)CCC(N)=O)c1. The van der Waals surface area contributed by atoms with Crippen molar-refractivity contribution < 1.29 is 9.90 Å². The molecule has 3 heteroatoms. The topological polar surface area (TPSA) is 63.3 Å². The Bertz CT molecular complexity index is 361. The predicted molar refractivity (Wildman–Crippen MR) is 59.3 cm³/mol. The molecule has 0 aliphatic carbocycles. The standard InChI is InChI=1S/C12H17NO2/c1-8-3-4-9(2)10(7-8)11(14)5-6-12(13)15/h3-4,7,11,14H,5-6H2,1-2H3,(H2,13,15). The van der Waals surface area contributed by atoms with Crippen molar-refractivity contribution in [1.29, 1.82) is 0 Å². The van der Waals surface area contributed by atoms with Gasteiger partial charge >= 0.3 is 0 Å². The maximum atomic E-state index is 10.6. The summed E-state index contributed by atoms with van der Waals surface area (Å²) in [5.41, 5.74) is 8.07. The van der Waals surface area contributed by atoms with Crippen LogP contribution in [0.5, 0.6) is 0 Å². The van der Waals surface area contributed by atoms with Crippen LogP contribution in [0.25, 0.3) is 0 Å². The minimum absolute atomic E-state index is 0.217. The van der Waals surface area contributed by atoms with Gasteiger partial charge in [0.1, 0.15) is 0 Å². The Morgan fingerprint density at radius 2 is 2.13 bits per heavy atom. The molecule has 0 bridgehead atoms. The van der Waals surface area contributed by atoms with Gasteiger partial charge in [-0.2, -0.15) is 0 Å². The second-order valence-corrected chi connectivity index (χ2v) is 3.88. The smallest absolute Gasteiger partial charge is 0.217 e. The quantitative estimate of drug-likeness (QED) is 0.787. The van der Waals surface area contributed by atoms with Crippen LogP contribution in [0.15, 0.2) is 18.2 Å². The minimum atomic E-state index is -0.600. The first-order chi connectivity index (χ1) is 7.00. The van der Waals surface area contributed by atoms with E-state index in [9.17, 15) is 9.90 Å². The fourth-order valence-electron chi connectivity index (χ4n) is 1.55. The number of rotatable bonds is 4. The molecule has 1 aromatic carbocycles. The summed E-state index contributed by atoms with van der Waals surface area (Å²) in [4.78, 5) is 10.6. The third-order valence-electron chi connectivity index (χ3n) is 2.46. The summed E-state index contributed by atoms with van der Waals surface area (Å²) in [6, 6.07) is 5.92. The third kappa shape index (κ3) is 3.36. The van der Waals surface area contributed by atoms with Gasteiger partial charge < -0.3 is 10.8 Å². The van der Waals surface area contributed by atoms with E-state index in [1.54, 1.807) is 0 Å². The van der Waals surface area contributed by atoms with E-state index < -0.39 is 6.10 Å². The number of benzene rings is 1. The van der Waals surface area contributed by atoms with E-state index in [0.29, 0.717) is 6.42 Å². The molecule has 1 amide bonds. The molecule has 1 unspecified atom stereocenters. The van der Waals surface area contributed by atoms with Crippen LogP contribution in [-0.2, 0) is 4.79 Å². The highest BCUT2D eigenvalue weighted by Crippen LogP contribution is 2.22. The molecular formula is C12H17NO2. The van der Waals surface area contributed by atoms with Gasteiger partial charge in [-0.25, -0.2) is 0 Å². The molecule has 0 heterocycles. The molecule has 0 spiro atoms. The minimum Gasteiger partial charge on any atom is -0.388 e. The monoisotopic (exact) mass is 207 g/mol. The molecule has 3 N–H and O–H groups in total. The largest absolute Gasteiger partial charge is 0.388 e. The fraction of sp³-hybridized carbons (Fsp3) is 0.417. The number of hydrogen-bond donors (Lipinski definition) is 2. The van der Waals surface area contributed by atoms with Crippen molar-refractivity contribution in [2.75, 3.05) is 0 Å². The number of nitrogens with two attached hydrogens (primary N) is 1. The molecular weight excluding hydrogens is 190 g/mol. The molecule has 0 saturated carbocycles. The van der Waals surface area contributed by atoms with Crippen molar-refractivity contribution in [3.05, 3.63) is 34.9 Å². The normalized spacial score (nSPS) is 12.5. The average Bonchev–Trinajstić information content (AvgIpc) is 2.18. The lowest BCUT2D eigenvalue weighted by molar-refractivity contribution is -0.118. The zero-order chi connectivity index (χ0) is 11.4. The number of aliphatic hydroxyl groups excluding tert-OH is 1. The fourth-order valence-corrected chi connectivity index (χ4v) is 1.55. The van der Waals surface area contributed by atoms with Crippen LogP contribution in [0.1, 0.15) is 35.6 Å². The third-order valence-corrected chi connectivity index (χ3v) is 2.46. The van der Waals surface area contributed by atoms with Crippen LogP contribution in [0.4, 0.5) is 0 Å². The second kappa shape index (κ2) is 4.94. The van der Waals surface area contributed by atoms with E-state index in [1.165, 1.54) is 0 Å². The van der Waals surface area contributed by atoms with Crippen molar-refractivity contribution in [2.24, 2.45) is 5.73 Å². The summed E-state index contributed by atoms with van der Waals surface area (Å²) < 4.78 is 0. The Labute approximate surface area is 89.9 Å². The van der Waals surface area contributed by atoms with Crippen LogP contribution < -0.4 is 5.73 Å². The molecule has 0 aromatic heterocycles. The maximum Gasteiger partial charge on any atom is 0.217 e. The highest BCUT2D eigenvalue weighted by Gasteiger charge is 2.11. The van der Waals surface area contributed by atoms with Gasteiger partial charge in [-0.1, -0.05) is 23.8 Å². The molecule has 3 nitrogen and oxygen atoms in total. The lowest BCUT2D eigenvalue weighted by Gasteiger charge is -2.13. The van der Waals surface area contributed by atoms with Crippen LogP contribution >= 0.6 is 0 Å². The molecule has 0 fully saturated rings. The summed E-state index contributed by atoms with van der Waals surface area (Å²) in [5, 5.41) is 9.87. The van der Waals surface area contributed by atoms with Gasteiger partial charge in [-0.05, 0) is 31.4 Å². The van der Waals surface area contributed by atoms with Crippen LogP contribution in [0.3, 0.4) is 0 Å². The number of aliphatic hydroxyl groups is 1. The van der Waals surface area contributed by atoms with Gasteiger partial charge in [0.05, 0.1) is 6.10 Å². The molecule has 15 heavy (non-hydrogen) atoms. The lowest BCUT2D eigenvalue weighted by Crippen LogP contribution is -2.12. The van der Waals surface area contributed by atoms with E-state index >= 15 is 0 Å². The second-order valence-electron chi connectivity index (χ2n) is 3.88. The Morgan fingerprint density at radius 1 is 1.47 bits per heavy atom. The van der Waals surface area contributed by atoms with Crippen molar-refractivity contribution in [3.8, 4) is 0 Å². The summed E-state index contributed by atoms with van der Waals surface area (Å²) in [7, 11) is 0. The van der Waals surface area contributed by atoms with E-state index in [4.69, 9.17) is 5.73 Å². The number of primary amides is 1. The van der Waals surface area contributed by atoms with Gasteiger partial charge in [-0.15, -0.1) is 0 Å². The summed E-state index contributed by atoms with van der Waals surface area (Å²) in [6.45, 7) is 3.92. The van der Waals surface area contributed by atoms with Gasteiger partial charge in [0, 0.05) is 6.42 Å². The molecule has 0 aliphatic rings. The Balaban J connectivity index is 2.76. The molecule has 1 aromatic rings. The van der Waals surface area contributed by atoms with E-state index in [0.717, 1.165) is 16.7 Å². The Hall–Kier alpha value is -1.35. The first-order valence-electron chi connectivity index (χ1n) is 5.04. The van der Waals surface area contributed by atoms with E-state index in [1.807, 2.05) is 32.0 Å². The van der Waals surface area contributed by atoms with Gasteiger partial charge in [0.25, 0.3) is 0 Å². The summed E-state index contributed by atoms with van der Waals surface area (Å²) in [5.74, 6) is -0.376. The maximum absolute atomic E-state index is 10.6. The van der Waals surface area contributed by atoms with Crippen molar-refractivity contribution in [1.82, 2.24) is 0 Å². The van der Waals surface area contributed by atoms with Crippen LogP contribution in [0, 0.1) is 13.8 Å². The van der Waals surface area contributed by atoms with Gasteiger partial charge in [-0.3, -0.25) is 4.79 Å². The predicted octanol–water partition coefficient (Wildman–Crippen LogP) is 1.60. The number of carbonyl (C=O) groups is 1. The van der Waals surface area contributed by atoms with Crippen molar-refractivity contribution in [3.63, 3.8) is 0 Å². The molecule has 1 atom stereocenters. The first kappa shape index (κ1) is 11.7. The highest BCUT2D eigenvalue weighted by molar-refractivity contribution is 5.73. The van der Waals surface area contributed by atoms with Crippen molar-refractivity contribution >= 4 is 5.91 Å². The molecule has 0 radical (unpaired) electrons. The Kier molecular flexibility index (Phi) is 3.86. The molecule has 1 rings (SSSR count). The number of hydrogen-bond acceptors (Lipinski definition) is 2. The van der Waals surface area contributed by atoms with Gasteiger partial charge in [0.15, 0.2) is 0 Å². The zero-order valence-electron chi connectivity index (χ0n) is 9.16. The molecule has 0 aliphatic heterocycles. The molecule has 0 saturated heterocycles. The summed E-state index contributed by atoms with van der Waals surface area (Å²) in [6.07, 6.45) is 0.00570. The molecule has 82 valence electrons. The summed E-state index contributed by atoms with van der Waals surface area (Å²) >= 11 is 0. The Morgan fingerprint density at radius 3 is 2.73 bits per heavy atom. The van der Waals surface area contributed by atoms with Crippen LogP contribution in [0.2, 0.25) is 0 Å². The number of amides is 1. The number of carbonyl (C=O) groups excluding carboxylic acids is 1. The van der Waals surface area contributed by atoms with Gasteiger partial charge in [0.2, 0.25) is 5.91 Å². The lowest BCUT2D eigenvalue weighted by atomic mass is 9.98.